The predicted octanol–water partition coefficient (Wildman–Crippen LogP) is 2.81. The molecule has 1 aliphatic carbocycles. The van der Waals surface area contributed by atoms with E-state index in [2.05, 4.69) is 50.6 Å². The highest BCUT2D eigenvalue weighted by molar-refractivity contribution is 9.10. The van der Waals surface area contributed by atoms with Crippen molar-refractivity contribution in [2.24, 2.45) is 4.99 Å². The summed E-state index contributed by atoms with van der Waals surface area (Å²) in [6.45, 7) is 3.58. The van der Waals surface area contributed by atoms with Gasteiger partial charge in [-0.2, -0.15) is 0 Å². The number of benzene rings is 1. The summed E-state index contributed by atoms with van der Waals surface area (Å²) < 4.78 is 1.08. The van der Waals surface area contributed by atoms with E-state index in [1.165, 1.54) is 5.56 Å². The zero-order valence-electron chi connectivity index (χ0n) is 12.5. The minimum absolute atomic E-state index is 0.120. The number of nitrogens with zero attached hydrogens (tertiary/aromatic N) is 1. The molecule has 0 radical (unpaired) electrons. The number of hydrogen-bond donors (Lipinski definition) is 3. The maximum atomic E-state index is 9.56. The fourth-order valence-electron chi connectivity index (χ4n) is 2.49. The summed E-state index contributed by atoms with van der Waals surface area (Å²) in [6, 6.07) is 8.64. The number of guanidine groups is 1. The van der Waals surface area contributed by atoms with Crippen LogP contribution in [-0.2, 0) is 6.54 Å². The van der Waals surface area contributed by atoms with Crippen molar-refractivity contribution in [2.75, 3.05) is 6.54 Å². The molecule has 1 aliphatic rings. The van der Waals surface area contributed by atoms with Crippen LogP contribution in [0.25, 0.3) is 0 Å². The second-order valence-electron chi connectivity index (χ2n) is 5.47. The van der Waals surface area contributed by atoms with Crippen LogP contribution in [0.1, 0.15) is 38.2 Å². The molecule has 0 heterocycles. The van der Waals surface area contributed by atoms with Crippen molar-refractivity contribution in [1.82, 2.24) is 10.6 Å². The van der Waals surface area contributed by atoms with Crippen LogP contribution in [0.5, 0.6) is 0 Å². The molecule has 21 heavy (non-hydrogen) atoms. The Labute approximate surface area is 135 Å². The van der Waals surface area contributed by atoms with E-state index in [0.717, 1.165) is 42.7 Å². The Balaban J connectivity index is 1.91. The molecular formula is C16H24BrN3O. The standard InChI is InChI=1S/C16H24BrN3O/c1-2-18-16(20-14-7-9-15(21)10-8-14)19-11-12-3-5-13(17)6-4-12/h3-6,14-15,21H,2,7-11H2,1H3,(H2,18,19,20). The van der Waals surface area contributed by atoms with Crippen LogP contribution in [0.3, 0.4) is 0 Å². The van der Waals surface area contributed by atoms with Gasteiger partial charge in [-0.05, 0) is 50.3 Å². The lowest BCUT2D eigenvalue weighted by molar-refractivity contribution is 0.120. The van der Waals surface area contributed by atoms with E-state index < -0.39 is 0 Å². The Morgan fingerprint density at radius 3 is 2.52 bits per heavy atom. The van der Waals surface area contributed by atoms with Crippen LogP contribution in [0.2, 0.25) is 0 Å². The summed E-state index contributed by atoms with van der Waals surface area (Å²) in [7, 11) is 0. The smallest absolute Gasteiger partial charge is 0.191 e. The summed E-state index contributed by atoms with van der Waals surface area (Å²) in [5, 5.41) is 16.3. The van der Waals surface area contributed by atoms with Crippen LogP contribution in [-0.4, -0.2) is 29.8 Å². The van der Waals surface area contributed by atoms with Gasteiger partial charge in [-0.3, -0.25) is 0 Å². The van der Waals surface area contributed by atoms with E-state index in [1.807, 2.05) is 12.1 Å². The average Bonchev–Trinajstić information content (AvgIpc) is 2.49. The number of hydrogen-bond acceptors (Lipinski definition) is 2. The highest BCUT2D eigenvalue weighted by Gasteiger charge is 2.19. The van der Waals surface area contributed by atoms with Crippen LogP contribution in [0.15, 0.2) is 33.7 Å². The topological polar surface area (TPSA) is 56.7 Å². The van der Waals surface area contributed by atoms with Gasteiger partial charge in [0.05, 0.1) is 12.6 Å². The molecular weight excluding hydrogens is 330 g/mol. The fourth-order valence-corrected chi connectivity index (χ4v) is 2.76. The second kappa shape index (κ2) is 8.39. The summed E-state index contributed by atoms with van der Waals surface area (Å²) in [4.78, 5) is 4.64. The van der Waals surface area contributed by atoms with Gasteiger partial charge in [0.1, 0.15) is 0 Å². The Hall–Kier alpha value is -1.07. The van der Waals surface area contributed by atoms with Crippen molar-refractivity contribution in [1.29, 1.82) is 0 Å². The Morgan fingerprint density at radius 1 is 1.24 bits per heavy atom. The second-order valence-corrected chi connectivity index (χ2v) is 6.39. The summed E-state index contributed by atoms with van der Waals surface area (Å²) in [5.74, 6) is 0.863. The molecule has 0 aliphatic heterocycles. The van der Waals surface area contributed by atoms with E-state index in [4.69, 9.17) is 0 Å². The van der Waals surface area contributed by atoms with Gasteiger partial charge in [-0.25, -0.2) is 4.99 Å². The Bertz CT molecular complexity index is 453. The molecule has 1 aromatic carbocycles. The van der Waals surface area contributed by atoms with Crippen molar-refractivity contribution in [3.05, 3.63) is 34.3 Å². The third-order valence-electron chi connectivity index (χ3n) is 3.71. The molecule has 0 bridgehead atoms. The van der Waals surface area contributed by atoms with Crippen molar-refractivity contribution in [3.63, 3.8) is 0 Å². The van der Waals surface area contributed by atoms with Crippen molar-refractivity contribution in [2.45, 2.75) is 51.3 Å². The lowest BCUT2D eigenvalue weighted by Gasteiger charge is -2.27. The van der Waals surface area contributed by atoms with Gasteiger partial charge in [0.2, 0.25) is 0 Å². The quantitative estimate of drug-likeness (QED) is 0.576. The largest absolute Gasteiger partial charge is 0.393 e. The molecule has 3 N–H and O–H groups in total. The number of halogens is 1. The van der Waals surface area contributed by atoms with Gasteiger partial charge in [0.25, 0.3) is 0 Å². The highest BCUT2D eigenvalue weighted by atomic mass is 79.9. The molecule has 1 aromatic rings. The van der Waals surface area contributed by atoms with E-state index in [1.54, 1.807) is 0 Å². The molecule has 0 amide bonds. The van der Waals surface area contributed by atoms with Gasteiger partial charge in [-0.1, -0.05) is 28.1 Å². The molecule has 116 valence electrons. The minimum Gasteiger partial charge on any atom is -0.393 e. The molecule has 0 atom stereocenters. The third kappa shape index (κ3) is 5.67. The van der Waals surface area contributed by atoms with Gasteiger partial charge in [0, 0.05) is 17.1 Å². The lowest BCUT2D eigenvalue weighted by atomic mass is 9.93. The lowest BCUT2D eigenvalue weighted by Crippen LogP contribution is -2.45. The minimum atomic E-state index is -0.120. The number of aliphatic imine (C=N–C) groups is 1. The fraction of sp³-hybridized carbons (Fsp3) is 0.562. The SMILES string of the molecule is CCNC(=NCc1ccc(Br)cc1)NC1CCC(O)CC1. The monoisotopic (exact) mass is 353 g/mol. The number of nitrogens with one attached hydrogen (secondary N) is 2. The molecule has 1 saturated carbocycles. The first kappa shape index (κ1) is 16.3. The maximum Gasteiger partial charge on any atom is 0.191 e. The third-order valence-corrected chi connectivity index (χ3v) is 4.24. The van der Waals surface area contributed by atoms with Crippen LogP contribution in [0.4, 0.5) is 0 Å². The average molecular weight is 354 g/mol. The maximum absolute atomic E-state index is 9.56. The molecule has 0 aromatic heterocycles. The van der Waals surface area contributed by atoms with Crippen molar-refractivity contribution < 1.29 is 5.11 Å². The first-order chi connectivity index (χ1) is 10.2. The van der Waals surface area contributed by atoms with Gasteiger partial charge in [0.15, 0.2) is 5.96 Å². The predicted molar refractivity (Wildman–Crippen MR) is 90.4 cm³/mol. The molecule has 0 spiro atoms. The van der Waals surface area contributed by atoms with Crippen molar-refractivity contribution >= 4 is 21.9 Å². The first-order valence-electron chi connectivity index (χ1n) is 7.64. The van der Waals surface area contributed by atoms with E-state index in [-0.39, 0.29) is 6.10 Å². The summed E-state index contributed by atoms with van der Waals surface area (Å²) in [6.07, 6.45) is 3.65. The molecule has 2 rings (SSSR count). The van der Waals surface area contributed by atoms with E-state index in [9.17, 15) is 5.11 Å². The Morgan fingerprint density at radius 2 is 1.90 bits per heavy atom. The van der Waals surface area contributed by atoms with Gasteiger partial charge < -0.3 is 15.7 Å². The Kier molecular flexibility index (Phi) is 6.51. The molecule has 5 heteroatoms. The normalized spacial score (nSPS) is 22.9. The zero-order chi connectivity index (χ0) is 15.1. The van der Waals surface area contributed by atoms with E-state index >= 15 is 0 Å². The number of aliphatic hydroxyl groups excluding tert-OH is 1. The highest BCUT2D eigenvalue weighted by Crippen LogP contribution is 2.18. The van der Waals surface area contributed by atoms with Crippen molar-refractivity contribution in [3.8, 4) is 0 Å². The molecule has 4 nitrogen and oxygen atoms in total. The van der Waals surface area contributed by atoms with E-state index in [0.29, 0.717) is 12.6 Å². The molecule has 0 unspecified atom stereocenters. The van der Waals surface area contributed by atoms with Crippen LogP contribution < -0.4 is 10.6 Å². The number of rotatable bonds is 4. The number of aliphatic hydroxyl groups is 1. The van der Waals surface area contributed by atoms with Gasteiger partial charge >= 0.3 is 0 Å². The van der Waals surface area contributed by atoms with Crippen LogP contribution >= 0.6 is 15.9 Å². The first-order valence-corrected chi connectivity index (χ1v) is 8.44. The summed E-state index contributed by atoms with van der Waals surface area (Å²) >= 11 is 3.44. The van der Waals surface area contributed by atoms with Crippen LogP contribution in [0, 0.1) is 0 Å². The van der Waals surface area contributed by atoms with Gasteiger partial charge in [-0.15, -0.1) is 0 Å². The molecule has 0 saturated heterocycles. The zero-order valence-corrected chi connectivity index (χ0v) is 14.1. The summed E-state index contributed by atoms with van der Waals surface area (Å²) in [5.41, 5.74) is 1.19. The molecule has 1 fully saturated rings.